The maximum absolute atomic E-state index is 5.16. The second-order valence-electron chi connectivity index (χ2n) is 5.66. The first-order chi connectivity index (χ1) is 9.86. The summed E-state index contributed by atoms with van der Waals surface area (Å²) in [7, 11) is 1.71. The number of pyridine rings is 1. The average Bonchev–Trinajstić information content (AvgIpc) is 2.50. The van der Waals surface area contributed by atoms with Crippen LogP contribution in [0.25, 0.3) is 0 Å². The molecule has 2 heteroatoms. The van der Waals surface area contributed by atoms with Crippen LogP contribution in [0.3, 0.4) is 0 Å². The highest BCUT2D eigenvalue weighted by Gasteiger charge is 2.00. The fraction of sp³-hybridized carbons (Fsp3) is 0.722. The van der Waals surface area contributed by atoms with Crippen LogP contribution < -0.4 is 9.30 Å². The summed E-state index contributed by atoms with van der Waals surface area (Å²) in [6.45, 7) is 3.40. The highest BCUT2D eigenvalue weighted by Crippen LogP contribution is 2.10. The number of unbranched alkanes of at least 4 members (excludes halogenated alkanes) is 9. The van der Waals surface area contributed by atoms with E-state index in [4.69, 9.17) is 4.74 Å². The first-order valence-corrected chi connectivity index (χ1v) is 8.40. The van der Waals surface area contributed by atoms with Gasteiger partial charge in [0, 0.05) is 18.6 Å². The molecule has 1 aromatic heterocycles. The van der Waals surface area contributed by atoms with Gasteiger partial charge in [-0.15, -0.1) is 0 Å². The molecule has 0 aliphatic rings. The van der Waals surface area contributed by atoms with Crippen LogP contribution in [0.15, 0.2) is 24.5 Å². The Morgan fingerprint density at radius 1 is 0.800 bits per heavy atom. The molecule has 0 saturated carbocycles. The average molecular weight is 278 g/mol. The molecule has 0 fully saturated rings. The molecule has 114 valence electrons. The van der Waals surface area contributed by atoms with E-state index in [9.17, 15) is 0 Å². The second-order valence-corrected chi connectivity index (χ2v) is 5.66. The lowest BCUT2D eigenvalue weighted by Crippen LogP contribution is -2.32. The Morgan fingerprint density at radius 3 is 1.80 bits per heavy atom. The Hall–Kier alpha value is -1.05. The van der Waals surface area contributed by atoms with Gasteiger partial charge in [0.1, 0.15) is 12.3 Å². The monoisotopic (exact) mass is 278 g/mol. The molecule has 0 bridgehead atoms. The molecule has 0 aromatic carbocycles. The fourth-order valence-electron chi connectivity index (χ4n) is 2.51. The number of ether oxygens (including phenoxy) is 1. The summed E-state index contributed by atoms with van der Waals surface area (Å²) < 4.78 is 7.40. The minimum atomic E-state index is 0.935. The maximum atomic E-state index is 5.16. The predicted molar refractivity (Wildman–Crippen MR) is 85.0 cm³/mol. The molecule has 0 amide bonds. The summed E-state index contributed by atoms with van der Waals surface area (Å²) in [5.41, 5.74) is 0. The van der Waals surface area contributed by atoms with Crippen molar-refractivity contribution in [2.24, 2.45) is 0 Å². The van der Waals surface area contributed by atoms with Crippen molar-refractivity contribution in [2.45, 2.75) is 77.7 Å². The molecule has 0 radical (unpaired) electrons. The molecule has 1 rings (SSSR count). The van der Waals surface area contributed by atoms with Crippen LogP contribution in [0, 0.1) is 0 Å². The van der Waals surface area contributed by atoms with Crippen molar-refractivity contribution in [3.05, 3.63) is 24.5 Å². The van der Waals surface area contributed by atoms with Gasteiger partial charge < -0.3 is 4.74 Å². The molecule has 1 aromatic rings. The topological polar surface area (TPSA) is 13.1 Å². The maximum Gasteiger partial charge on any atom is 0.172 e. The summed E-state index contributed by atoms with van der Waals surface area (Å²) in [5.74, 6) is 0.935. The lowest BCUT2D eigenvalue weighted by molar-refractivity contribution is -0.697. The van der Waals surface area contributed by atoms with Gasteiger partial charge in [-0.2, -0.15) is 0 Å². The molecule has 0 unspecified atom stereocenters. The third-order valence-electron chi connectivity index (χ3n) is 3.87. The van der Waals surface area contributed by atoms with Crippen LogP contribution in [-0.4, -0.2) is 7.11 Å². The van der Waals surface area contributed by atoms with E-state index in [2.05, 4.69) is 23.9 Å². The van der Waals surface area contributed by atoms with Crippen LogP contribution in [-0.2, 0) is 6.54 Å². The number of methoxy groups -OCH3 is 1. The minimum Gasteiger partial charge on any atom is -0.496 e. The fourth-order valence-corrected chi connectivity index (χ4v) is 2.51. The third kappa shape index (κ3) is 8.19. The summed E-state index contributed by atoms with van der Waals surface area (Å²) in [6, 6.07) is 4.05. The van der Waals surface area contributed by atoms with Gasteiger partial charge in [-0.1, -0.05) is 58.3 Å². The van der Waals surface area contributed by atoms with Crippen LogP contribution in [0.2, 0.25) is 0 Å². The molecule has 2 nitrogen and oxygen atoms in total. The number of hydrogen-bond acceptors (Lipinski definition) is 1. The van der Waals surface area contributed by atoms with Crippen molar-refractivity contribution >= 4 is 0 Å². The first kappa shape index (κ1) is 17.0. The number of hydrogen-bond donors (Lipinski definition) is 0. The Kier molecular flexibility index (Phi) is 9.99. The van der Waals surface area contributed by atoms with E-state index in [1.165, 1.54) is 64.2 Å². The Bertz CT molecular complexity index is 321. The number of aromatic nitrogens is 1. The predicted octanol–water partition coefficient (Wildman–Crippen LogP) is 4.90. The van der Waals surface area contributed by atoms with E-state index >= 15 is 0 Å². The van der Waals surface area contributed by atoms with Crippen LogP contribution in [0.1, 0.15) is 71.1 Å². The molecule has 0 saturated heterocycles. The Balaban J connectivity index is 1.91. The van der Waals surface area contributed by atoms with Crippen LogP contribution in [0.5, 0.6) is 5.75 Å². The van der Waals surface area contributed by atoms with Crippen molar-refractivity contribution in [1.29, 1.82) is 0 Å². The minimum absolute atomic E-state index is 0.935. The van der Waals surface area contributed by atoms with E-state index in [0.717, 1.165) is 12.3 Å². The van der Waals surface area contributed by atoms with E-state index in [-0.39, 0.29) is 0 Å². The normalized spacial score (nSPS) is 10.7. The lowest BCUT2D eigenvalue weighted by atomic mass is 10.1. The van der Waals surface area contributed by atoms with Crippen molar-refractivity contribution < 1.29 is 9.30 Å². The molecule has 1 heterocycles. The Morgan fingerprint density at radius 2 is 1.30 bits per heavy atom. The van der Waals surface area contributed by atoms with Gasteiger partial charge in [-0.25, -0.2) is 4.57 Å². The van der Waals surface area contributed by atoms with Crippen molar-refractivity contribution in [3.8, 4) is 5.75 Å². The number of aryl methyl sites for hydroxylation is 1. The van der Waals surface area contributed by atoms with Gasteiger partial charge in [-0.3, -0.25) is 0 Å². The van der Waals surface area contributed by atoms with Crippen molar-refractivity contribution in [2.75, 3.05) is 7.11 Å². The molecule has 0 atom stereocenters. The molecular weight excluding hydrogens is 246 g/mol. The molecule has 0 spiro atoms. The molecule has 20 heavy (non-hydrogen) atoms. The van der Waals surface area contributed by atoms with Gasteiger partial charge in [0.2, 0.25) is 0 Å². The Labute approximate surface area is 125 Å². The highest BCUT2D eigenvalue weighted by molar-refractivity contribution is 5.14. The van der Waals surface area contributed by atoms with Gasteiger partial charge in [0.15, 0.2) is 12.4 Å². The first-order valence-electron chi connectivity index (χ1n) is 8.40. The van der Waals surface area contributed by atoms with Crippen molar-refractivity contribution in [3.63, 3.8) is 0 Å². The molecule has 0 N–H and O–H groups in total. The van der Waals surface area contributed by atoms with E-state index in [1.54, 1.807) is 7.11 Å². The number of nitrogens with zero attached hydrogens (tertiary/aromatic N) is 1. The third-order valence-corrected chi connectivity index (χ3v) is 3.87. The zero-order valence-corrected chi connectivity index (χ0v) is 13.4. The highest BCUT2D eigenvalue weighted by atomic mass is 16.5. The summed E-state index contributed by atoms with van der Waals surface area (Å²) in [6.07, 6.45) is 18.2. The molecule has 0 aliphatic carbocycles. The smallest absolute Gasteiger partial charge is 0.172 e. The van der Waals surface area contributed by atoms with Crippen LogP contribution >= 0.6 is 0 Å². The largest absolute Gasteiger partial charge is 0.496 e. The van der Waals surface area contributed by atoms with Gasteiger partial charge in [0.05, 0.1) is 7.11 Å². The quantitative estimate of drug-likeness (QED) is 0.391. The SMILES string of the molecule is CCCCCCCCCCCC[n+]1ccc(OC)cc1. The molecule has 0 aliphatic heterocycles. The summed E-state index contributed by atoms with van der Waals surface area (Å²) >= 11 is 0. The molecular formula is C18H32NO+. The standard InChI is InChI=1S/C18H32NO/c1-3-4-5-6-7-8-9-10-11-12-15-19-16-13-18(20-2)14-17-19/h13-14,16-17H,3-12,15H2,1-2H3/q+1. The number of rotatable bonds is 12. The van der Waals surface area contributed by atoms with Crippen molar-refractivity contribution in [1.82, 2.24) is 0 Å². The van der Waals surface area contributed by atoms with E-state index in [1.807, 2.05) is 12.1 Å². The van der Waals surface area contributed by atoms with Gasteiger partial charge in [-0.05, 0) is 6.42 Å². The lowest BCUT2D eigenvalue weighted by Gasteiger charge is -2.02. The summed E-state index contributed by atoms with van der Waals surface area (Å²) in [5, 5.41) is 0. The second kappa shape index (κ2) is 11.7. The van der Waals surface area contributed by atoms with Gasteiger partial charge in [0.25, 0.3) is 0 Å². The zero-order chi connectivity index (χ0) is 14.5. The van der Waals surface area contributed by atoms with E-state index < -0.39 is 0 Å². The zero-order valence-electron chi connectivity index (χ0n) is 13.4. The van der Waals surface area contributed by atoms with Crippen LogP contribution in [0.4, 0.5) is 0 Å². The summed E-state index contributed by atoms with van der Waals surface area (Å²) in [4.78, 5) is 0. The van der Waals surface area contributed by atoms with E-state index in [0.29, 0.717) is 0 Å². The van der Waals surface area contributed by atoms with Gasteiger partial charge >= 0.3 is 0 Å².